The Balaban J connectivity index is 3.01. The summed E-state index contributed by atoms with van der Waals surface area (Å²) in [5.74, 6) is -0.188. The minimum atomic E-state index is -0.188. The minimum Gasteiger partial charge on any atom is -0.165 e. The second-order valence-electron chi connectivity index (χ2n) is 1.61. The van der Waals surface area contributed by atoms with E-state index in [9.17, 15) is 4.39 Å². The minimum absolute atomic E-state index is 0.188. The summed E-state index contributed by atoms with van der Waals surface area (Å²) in [5, 5.41) is 0. The van der Waals surface area contributed by atoms with E-state index in [1.807, 2.05) is 6.07 Å². The molecule has 0 saturated carbocycles. The number of rotatable bonds is 1. The molecule has 0 radical (unpaired) electrons. The van der Waals surface area contributed by atoms with Gasteiger partial charge in [0.15, 0.2) is 6.20 Å². The van der Waals surface area contributed by atoms with Gasteiger partial charge in [-0.3, -0.25) is 0 Å². The number of hydrogen-bond donors (Lipinski definition) is 0. The summed E-state index contributed by atoms with van der Waals surface area (Å²) < 4.78 is 14.7. The number of hydrogen-bond acceptors (Lipinski definition) is 0. The van der Waals surface area contributed by atoms with Crippen LogP contribution in [-0.2, 0) is 4.55 Å². The Bertz CT molecular complexity index is 202. The Morgan fingerprint density at radius 1 is 1.56 bits per heavy atom. The van der Waals surface area contributed by atoms with Crippen LogP contribution in [-0.4, -0.2) is 0 Å². The van der Waals surface area contributed by atoms with Crippen molar-refractivity contribution in [1.82, 2.24) is 0 Å². The maximum absolute atomic E-state index is 12.5. The molecule has 0 aromatic carbocycles. The number of aromatic nitrogens is 1. The van der Waals surface area contributed by atoms with E-state index in [0.717, 1.165) is 0 Å². The first-order valence-corrected chi connectivity index (χ1v) is 4.07. The molecule has 0 aliphatic carbocycles. The van der Waals surface area contributed by atoms with Crippen LogP contribution < -0.4 is 4.57 Å². The summed E-state index contributed by atoms with van der Waals surface area (Å²) in [6.07, 6.45) is 1.71. The van der Waals surface area contributed by atoms with Crippen LogP contribution in [0.15, 0.2) is 24.4 Å². The van der Waals surface area contributed by atoms with Crippen LogP contribution >= 0.6 is 22.6 Å². The van der Waals surface area contributed by atoms with Crippen LogP contribution in [0.25, 0.3) is 0 Å². The molecule has 0 fully saturated rings. The van der Waals surface area contributed by atoms with Gasteiger partial charge in [-0.2, -0.15) is 4.57 Å². The van der Waals surface area contributed by atoms with Gasteiger partial charge >= 0.3 is 5.95 Å². The van der Waals surface area contributed by atoms with Gasteiger partial charge in [0, 0.05) is 12.1 Å². The molecule has 1 rings (SSSR count). The van der Waals surface area contributed by atoms with Gasteiger partial charge in [0.1, 0.15) is 0 Å². The molecule has 1 aromatic heterocycles. The van der Waals surface area contributed by atoms with Crippen LogP contribution in [0.5, 0.6) is 0 Å². The molecule has 0 saturated heterocycles. The van der Waals surface area contributed by atoms with Crippen molar-refractivity contribution < 1.29 is 8.96 Å². The fourth-order valence-corrected chi connectivity index (χ4v) is 1.11. The standard InChI is InChI=1S/C6H6FIN/c7-6-3-1-2-4-9(6)5-8/h1-4H,5H2/q+1. The molecule has 1 nitrogen and oxygen atoms in total. The third-order valence-corrected chi connectivity index (χ3v) is 1.75. The van der Waals surface area contributed by atoms with Gasteiger partial charge in [-0.25, -0.2) is 0 Å². The van der Waals surface area contributed by atoms with Crippen LogP contribution in [0, 0.1) is 5.95 Å². The highest BCUT2D eigenvalue weighted by Gasteiger charge is 2.02. The molecule has 1 heterocycles. The van der Waals surface area contributed by atoms with Crippen LogP contribution in [0.2, 0.25) is 0 Å². The highest BCUT2D eigenvalue weighted by molar-refractivity contribution is 14.1. The summed E-state index contributed by atoms with van der Waals surface area (Å²) in [4.78, 5) is 0. The highest BCUT2D eigenvalue weighted by atomic mass is 127. The van der Waals surface area contributed by atoms with E-state index in [0.29, 0.717) is 4.55 Å². The third kappa shape index (κ3) is 1.61. The lowest BCUT2D eigenvalue weighted by Crippen LogP contribution is -2.34. The summed E-state index contributed by atoms with van der Waals surface area (Å²) in [7, 11) is 0. The van der Waals surface area contributed by atoms with Crippen molar-refractivity contribution in [3.05, 3.63) is 30.3 Å². The van der Waals surface area contributed by atoms with Crippen molar-refractivity contribution in [2.75, 3.05) is 0 Å². The molecule has 0 atom stereocenters. The molecular formula is C6H6FIN+. The largest absolute Gasteiger partial charge is 0.360 e. The quantitative estimate of drug-likeness (QED) is 0.302. The smallest absolute Gasteiger partial charge is 0.165 e. The van der Waals surface area contributed by atoms with Gasteiger partial charge in [0.2, 0.25) is 4.55 Å². The summed E-state index contributed by atoms with van der Waals surface area (Å²) >= 11 is 2.10. The van der Waals surface area contributed by atoms with Crippen molar-refractivity contribution in [2.45, 2.75) is 4.55 Å². The van der Waals surface area contributed by atoms with Crippen molar-refractivity contribution >= 4 is 22.6 Å². The predicted octanol–water partition coefficient (Wildman–Crippen LogP) is 1.51. The molecule has 0 amide bonds. The van der Waals surface area contributed by atoms with E-state index in [1.54, 1.807) is 12.3 Å². The topological polar surface area (TPSA) is 3.88 Å². The molecule has 0 aliphatic heterocycles. The summed E-state index contributed by atoms with van der Waals surface area (Å²) in [5.41, 5.74) is 0. The van der Waals surface area contributed by atoms with Crippen molar-refractivity contribution in [1.29, 1.82) is 0 Å². The number of nitrogens with zero attached hydrogens (tertiary/aromatic N) is 1. The zero-order valence-electron chi connectivity index (χ0n) is 4.72. The van der Waals surface area contributed by atoms with Gasteiger partial charge in [0.05, 0.1) is 0 Å². The maximum Gasteiger partial charge on any atom is 0.360 e. The van der Waals surface area contributed by atoms with Crippen LogP contribution in [0.3, 0.4) is 0 Å². The average Bonchev–Trinajstić information content (AvgIpc) is 1.89. The predicted molar refractivity (Wildman–Crippen MR) is 40.6 cm³/mol. The fraction of sp³-hybridized carbons (Fsp3) is 0.167. The van der Waals surface area contributed by atoms with E-state index in [2.05, 4.69) is 22.6 Å². The highest BCUT2D eigenvalue weighted by Crippen LogP contribution is 1.89. The zero-order valence-corrected chi connectivity index (χ0v) is 6.88. The van der Waals surface area contributed by atoms with Crippen molar-refractivity contribution in [3.63, 3.8) is 0 Å². The Hall–Kier alpha value is -0.190. The lowest BCUT2D eigenvalue weighted by Gasteiger charge is -1.87. The Morgan fingerprint density at radius 3 is 2.78 bits per heavy atom. The van der Waals surface area contributed by atoms with Crippen molar-refractivity contribution in [3.8, 4) is 0 Å². The van der Waals surface area contributed by atoms with Gasteiger partial charge in [-0.05, 0) is 28.7 Å². The van der Waals surface area contributed by atoms with E-state index >= 15 is 0 Å². The SMILES string of the molecule is Fc1cccc[n+]1CI. The zero-order chi connectivity index (χ0) is 6.69. The first-order chi connectivity index (χ1) is 4.34. The van der Waals surface area contributed by atoms with Gasteiger partial charge < -0.3 is 0 Å². The maximum atomic E-state index is 12.5. The third-order valence-electron chi connectivity index (χ3n) is 1.01. The molecule has 0 bridgehead atoms. The first-order valence-electron chi connectivity index (χ1n) is 2.54. The fourth-order valence-electron chi connectivity index (χ4n) is 0.552. The van der Waals surface area contributed by atoms with Gasteiger partial charge in [0.25, 0.3) is 0 Å². The van der Waals surface area contributed by atoms with Crippen LogP contribution in [0.1, 0.15) is 0 Å². The lowest BCUT2D eigenvalue weighted by molar-refractivity contribution is -0.699. The number of alkyl halides is 1. The molecule has 0 N–H and O–H groups in total. The van der Waals surface area contributed by atoms with Crippen LogP contribution in [0.4, 0.5) is 4.39 Å². The number of halogens is 2. The van der Waals surface area contributed by atoms with E-state index in [1.165, 1.54) is 10.6 Å². The Labute approximate surface area is 66.7 Å². The second kappa shape index (κ2) is 3.10. The normalized spacial score (nSPS) is 9.56. The monoisotopic (exact) mass is 238 g/mol. The van der Waals surface area contributed by atoms with E-state index < -0.39 is 0 Å². The molecular weight excluding hydrogens is 232 g/mol. The Morgan fingerprint density at radius 2 is 2.33 bits per heavy atom. The Kier molecular flexibility index (Phi) is 2.38. The average molecular weight is 238 g/mol. The number of pyridine rings is 1. The molecule has 0 aliphatic rings. The molecule has 0 unspecified atom stereocenters. The summed E-state index contributed by atoms with van der Waals surface area (Å²) in [6, 6.07) is 4.93. The molecule has 9 heavy (non-hydrogen) atoms. The van der Waals surface area contributed by atoms with Gasteiger partial charge in [-0.15, -0.1) is 4.39 Å². The first kappa shape index (κ1) is 6.92. The summed E-state index contributed by atoms with van der Waals surface area (Å²) in [6.45, 7) is 0. The van der Waals surface area contributed by atoms with Crippen molar-refractivity contribution in [2.24, 2.45) is 0 Å². The molecule has 0 spiro atoms. The lowest BCUT2D eigenvalue weighted by atomic mass is 10.5. The molecule has 1 aromatic rings. The van der Waals surface area contributed by atoms with E-state index in [-0.39, 0.29) is 5.95 Å². The van der Waals surface area contributed by atoms with Gasteiger partial charge in [-0.1, -0.05) is 0 Å². The molecule has 3 heteroatoms. The second-order valence-corrected chi connectivity index (χ2v) is 2.29. The van der Waals surface area contributed by atoms with E-state index in [4.69, 9.17) is 0 Å². The molecule has 48 valence electrons.